The minimum atomic E-state index is -4.26. The van der Waals surface area contributed by atoms with Crippen LogP contribution in [0.5, 0.6) is 11.5 Å². The molecule has 3 heterocycles. The molecule has 12 heteroatoms. The van der Waals surface area contributed by atoms with Gasteiger partial charge in [0.15, 0.2) is 11.5 Å². The first-order chi connectivity index (χ1) is 15.6. The first kappa shape index (κ1) is 24.1. The molecular weight excluding hydrogens is 463 g/mol. The van der Waals surface area contributed by atoms with Crippen LogP contribution in [0.15, 0.2) is 23.1 Å². The maximum Gasteiger partial charge on any atom is 0.401 e. The molecule has 2 fully saturated rings. The molecule has 1 aromatic rings. The van der Waals surface area contributed by atoms with Gasteiger partial charge in [0.05, 0.1) is 11.4 Å². The Hall–Kier alpha value is -2.05. The van der Waals surface area contributed by atoms with Crippen LogP contribution in [0.25, 0.3) is 0 Å². The lowest BCUT2D eigenvalue weighted by atomic mass is 9.96. The minimum Gasteiger partial charge on any atom is -0.486 e. The Balaban J connectivity index is 1.33. The summed E-state index contributed by atoms with van der Waals surface area (Å²) in [4.78, 5) is 16.1. The Labute approximate surface area is 191 Å². The van der Waals surface area contributed by atoms with Gasteiger partial charge >= 0.3 is 6.18 Å². The summed E-state index contributed by atoms with van der Waals surface area (Å²) < 4.78 is 76.5. The lowest BCUT2D eigenvalue weighted by Gasteiger charge is -2.33. The van der Waals surface area contributed by atoms with Gasteiger partial charge < -0.3 is 14.4 Å². The number of amides is 1. The maximum absolute atomic E-state index is 13.1. The summed E-state index contributed by atoms with van der Waals surface area (Å²) in [6.45, 7) is 1.38. The van der Waals surface area contributed by atoms with Crippen molar-refractivity contribution >= 4 is 15.9 Å². The number of fused-ring (bicyclic) bond motifs is 1. The third-order valence-electron chi connectivity index (χ3n) is 6.26. The van der Waals surface area contributed by atoms with Gasteiger partial charge in [-0.3, -0.25) is 9.69 Å². The molecule has 0 radical (unpaired) electrons. The molecule has 0 atom stereocenters. The number of benzene rings is 1. The number of hydrogen-bond donors (Lipinski definition) is 0. The Morgan fingerprint density at radius 1 is 0.970 bits per heavy atom. The summed E-state index contributed by atoms with van der Waals surface area (Å²) in [5.41, 5.74) is 0. The normalized spacial score (nSPS) is 21.6. The number of carbonyl (C=O) groups is 1. The number of sulfonamides is 1. The highest BCUT2D eigenvalue weighted by atomic mass is 32.2. The molecule has 2 saturated heterocycles. The fraction of sp³-hybridized carbons (Fsp3) is 0.667. The quantitative estimate of drug-likeness (QED) is 0.641. The predicted molar refractivity (Wildman–Crippen MR) is 113 cm³/mol. The van der Waals surface area contributed by atoms with E-state index in [0.717, 1.165) is 0 Å². The van der Waals surface area contributed by atoms with Gasteiger partial charge in [-0.1, -0.05) is 0 Å². The molecule has 184 valence electrons. The van der Waals surface area contributed by atoms with E-state index >= 15 is 0 Å². The number of alkyl halides is 3. The number of rotatable bonds is 4. The van der Waals surface area contributed by atoms with Crippen LogP contribution in [0.1, 0.15) is 19.3 Å². The monoisotopic (exact) mass is 491 g/mol. The lowest BCUT2D eigenvalue weighted by Crippen LogP contribution is -2.45. The van der Waals surface area contributed by atoms with E-state index in [1.165, 1.54) is 21.3 Å². The molecule has 0 spiro atoms. The summed E-state index contributed by atoms with van der Waals surface area (Å²) >= 11 is 0. The van der Waals surface area contributed by atoms with E-state index in [0.29, 0.717) is 57.1 Å². The van der Waals surface area contributed by atoms with Crippen molar-refractivity contribution in [3.05, 3.63) is 18.2 Å². The van der Waals surface area contributed by atoms with Crippen LogP contribution in [-0.2, 0) is 14.8 Å². The highest BCUT2D eigenvalue weighted by Crippen LogP contribution is 2.34. The van der Waals surface area contributed by atoms with Crippen molar-refractivity contribution in [1.82, 2.24) is 14.1 Å². The molecule has 1 aromatic carbocycles. The molecule has 8 nitrogen and oxygen atoms in total. The topological polar surface area (TPSA) is 79.4 Å². The van der Waals surface area contributed by atoms with E-state index < -0.39 is 22.7 Å². The lowest BCUT2D eigenvalue weighted by molar-refractivity contribution is -0.145. The third kappa shape index (κ3) is 5.72. The minimum absolute atomic E-state index is 0.0970. The zero-order chi connectivity index (χ0) is 23.6. The van der Waals surface area contributed by atoms with Crippen molar-refractivity contribution in [2.45, 2.75) is 30.3 Å². The SMILES string of the molecule is O=C(C1CCN(S(=O)(=O)c2ccc3c(c2)OCCO3)CC1)N1CCCN(CC(F)(F)F)CC1. The third-order valence-corrected chi connectivity index (χ3v) is 8.15. The second-order valence-corrected chi connectivity index (χ2v) is 10.5. The van der Waals surface area contributed by atoms with E-state index in [4.69, 9.17) is 9.47 Å². The summed E-state index contributed by atoms with van der Waals surface area (Å²) in [6.07, 6.45) is -3.01. The van der Waals surface area contributed by atoms with Crippen molar-refractivity contribution in [1.29, 1.82) is 0 Å². The summed E-state index contributed by atoms with van der Waals surface area (Å²) in [5, 5.41) is 0. The molecule has 33 heavy (non-hydrogen) atoms. The van der Waals surface area contributed by atoms with Crippen LogP contribution in [-0.4, -0.2) is 93.6 Å². The van der Waals surface area contributed by atoms with Crippen LogP contribution in [0.2, 0.25) is 0 Å². The summed E-state index contributed by atoms with van der Waals surface area (Å²) in [6, 6.07) is 4.54. The molecule has 0 aliphatic carbocycles. The number of piperidine rings is 1. The molecule has 3 aliphatic heterocycles. The van der Waals surface area contributed by atoms with Crippen molar-refractivity contribution in [3.63, 3.8) is 0 Å². The molecule has 4 rings (SSSR count). The zero-order valence-corrected chi connectivity index (χ0v) is 19.0. The van der Waals surface area contributed by atoms with Crippen molar-refractivity contribution in [3.8, 4) is 11.5 Å². The predicted octanol–water partition coefficient (Wildman–Crippen LogP) is 1.96. The molecule has 1 amide bonds. The maximum atomic E-state index is 13.1. The Morgan fingerprint density at radius 3 is 2.36 bits per heavy atom. The second kappa shape index (κ2) is 9.67. The molecule has 0 aromatic heterocycles. The fourth-order valence-corrected chi connectivity index (χ4v) is 6.02. The van der Waals surface area contributed by atoms with Gasteiger partial charge in [0, 0.05) is 51.3 Å². The van der Waals surface area contributed by atoms with Crippen molar-refractivity contribution in [2.75, 3.05) is 59.0 Å². The van der Waals surface area contributed by atoms with Gasteiger partial charge in [0.25, 0.3) is 0 Å². The highest BCUT2D eigenvalue weighted by molar-refractivity contribution is 7.89. The van der Waals surface area contributed by atoms with Gasteiger partial charge in [-0.05, 0) is 31.4 Å². The number of carbonyl (C=O) groups excluding carboxylic acids is 1. The van der Waals surface area contributed by atoms with E-state index in [1.807, 2.05) is 0 Å². The van der Waals surface area contributed by atoms with Gasteiger partial charge in [0.1, 0.15) is 13.2 Å². The van der Waals surface area contributed by atoms with Gasteiger partial charge in [0.2, 0.25) is 15.9 Å². The number of ether oxygens (including phenoxy) is 2. The van der Waals surface area contributed by atoms with Crippen molar-refractivity contribution < 1.29 is 35.9 Å². The average molecular weight is 492 g/mol. The number of hydrogen-bond acceptors (Lipinski definition) is 6. The first-order valence-corrected chi connectivity index (χ1v) is 12.6. The van der Waals surface area contributed by atoms with Gasteiger partial charge in [-0.25, -0.2) is 8.42 Å². The largest absolute Gasteiger partial charge is 0.486 e. The van der Waals surface area contributed by atoms with E-state index in [2.05, 4.69) is 0 Å². The van der Waals surface area contributed by atoms with Crippen LogP contribution >= 0.6 is 0 Å². The Bertz CT molecular complexity index is 964. The first-order valence-electron chi connectivity index (χ1n) is 11.1. The van der Waals surface area contributed by atoms with Crippen LogP contribution < -0.4 is 9.47 Å². The van der Waals surface area contributed by atoms with Crippen LogP contribution in [0.4, 0.5) is 13.2 Å². The number of halogens is 3. The van der Waals surface area contributed by atoms with Gasteiger partial charge in [-0.15, -0.1) is 0 Å². The Morgan fingerprint density at radius 2 is 1.67 bits per heavy atom. The molecule has 0 unspecified atom stereocenters. The second-order valence-electron chi connectivity index (χ2n) is 8.55. The zero-order valence-electron chi connectivity index (χ0n) is 18.2. The van der Waals surface area contributed by atoms with E-state index in [-0.39, 0.29) is 42.9 Å². The van der Waals surface area contributed by atoms with Crippen molar-refractivity contribution in [2.24, 2.45) is 5.92 Å². The molecule has 0 N–H and O–H groups in total. The van der Waals surface area contributed by atoms with Gasteiger partial charge in [-0.2, -0.15) is 17.5 Å². The van der Waals surface area contributed by atoms with E-state index in [1.54, 1.807) is 11.0 Å². The summed E-state index contributed by atoms with van der Waals surface area (Å²) in [7, 11) is -3.74. The molecule has 0 bridgehead atoms. The molecule has 0 saturated carbocycles. The molecule has 3 aliphatic rings. The Kier molecular flexibility index (Phi) is 7.06. The standard InChI is InChI=1S/C21H28F3N3O5S/c22-21(23,24)15-25-6-1-7-26(11-10-25)20(28)16-4-8-27(9-5-16)33(29,30)17-2-3-18-19(14-17)32-13-12-31-18/h2-3,14,16H,1,4-13,15H2. The average Bonchev–Trinajstić information content (AvgIpc) is 3.02. The van der Waals surface area contributed by atoms with E-state index in [9.17, 15) is 26.4 Å². The number of nitrogens with zero attached hydrogens (tertiary/aromatic N) is 3. The highest BCUT2D eigenvalue weighted by Gasteiger charge is 2.36. The summed E-state index contributed by atoms with van der Waals surface area (Å²) in [5.74, 6) is 0.481. The fourth-order valence-electron chi connectivity index (χ4n) is 4.54. The molecular formula is C21H28F3N3O5S. The smallest absolute Gasteiger partial charge is 0.401 e. The van der Waals surface area contributed by atoms with Crippen LogP contribution in [0, 0.1) is 5.92 Å². The van der Waals surface area contributed by atoms with Crippen LogP contribution in [0.3, 0.4) is 0 Å².